The first-order chi connectivity index (χ1) is 12.0. The molecular weight excluding hydrogens is 324 g/mol. The lowest BCUT2D eigenvalue weighted by Gasteiger charge is -2.35. The predicted molar refractivity (Wildman–Crippen MR) is 89.3 cm³/mol. The minimum atomic E-state index is -1.08. The van der Waals surface area contributed by atoms with Crippen LogP contribution in [0.3, 0.4) is 0 Å². The molecule has 1 N–H and O–H groups in total. The monoisotopic (exact) mass is 344 g/mol. The summed E-state index contributed by atoms with van der Waals surface area (Å²) in [6.07, 6.45) is 2.66. The highest BCUT2D eigenvalue weighted by atomic mass is 16.5. The van der Waals surface area contributed by atoms with Gasteiger partial charge in [0.15, 0.2) is 6.10 Å². The van der Waals surface area contributed by atoms with E-state index in [4.69, 9.17) is 9.84 Å². The van der Waals surface area contributed by atoms with E-state index < -0.39 is 18.1 Å². The van der Waals surface area contributed by atoms with Crippen LogP contribution in [0.4, 0.5) is 0 Å². The summed E-state index contributed by atoms with van der Waals surface area (Å²) in [5.74, 6) is -1.40. The summed E-state index contributed by atoms with van der Waals surface area (Å²) < 4.78 is 5.16. The van der Waals surface area contributed by atoms with Crippen molar-refractivity contribution in [3.63, 3.8) is 0 Å². The number of fused-ring (bicyclic) bond motifs is 1. The van der Waals surface area contributed by atoms with Gasteiger partial charge in [0.25, 0.3) is 0 Å². The molecule has 25 heavy (non-hydrogen) atoms. The first kappa shape index (κ1) is 17.2. The van der Waals surface area contributed by atoms with Crippen molar-refractivity contribution in [2.75, 3.05) is 19.7 Å². The number of hydrogen-bond donors (Lipinski definition) is 1. The maximum atomic E-state index is 12.7. The second-order valence-corrected chi connectivity index (χ2v) is 6.13. The fourth-order valence-electron chi connectivity index (χ4n) is 3.23. The van der Waals surface area contributed by atoms with E-state index in [9.17, 15) is 14.4 Å². The average Bonchev–Trinajstić information content (AvgIpc) is 2.61. The molecule has 0 aromatic heterocycles. The number of hydrogen-bond acceptors (Lipinski definition) is 4. The van der Waals surface area contributed by atoms with Crippen LogP contribution in [0.15, 0.2) is 30.5 Å². The van der Waals surface area contributed by atoms with Gasteiger partial charge in [0.1, 0.15) is 0 Å². The van der Waals surface area contributed by atoms with Gasteiger partial charge in [0.2, 0.25) is 11.8 Å². The molecule has 0 aliphatic carbocycles. The van der Waals surface area contributed by atoms with Crippen LogP contribution in [0.25, 0.3) is 6.08 Å². The molecule has 0 radical (unpaired) electrons. The van der Waals surface area contributed by atoms with Crippen molar-refractivity contribution in [1.29, 1.82) is 0 Å². The van der Waals surface area contributed by atoms with Crippen molar-refractivity contribution >= 4 is 23.9 Å². The van der Waals surface area contributed by atoms with E-state index >= 15 is 0 Å². The molecule has 7 heteroatoms. The third-order valence-corrected chi connectivity index (χ3v) is 4.53. The van der Waals surface area contributed by atoms with Crippen molar-refractivity contribution in [3.05, 3.63) is 41.6 Å². The summed E-state index contributed by atoms with van der Waals surface area (Å²) in [4.78, 5) is 38.8. The van der Waals surface area contributed by atoms with Gasteiger partial charge >= 0.3 is 5.97 Å². The lowest BCUT2D eigenvalue weighted by atomic mass is 9.93. The van der Waals surface area contributed by atoms with Crippen LogP contribution in [-0.2, 0) is 19.1 Å². The molecule has 1 aromatic rings. The molecule has 1 saturated heterocycles. The Morgan fingerprint density at radius 1 is 1.28 bits per heavy atom. The average molecular weight is 344 g/mol. The summed E-state index contributed by atoms with van der Waals surface area (Å²) in [6.45, 7) is 2.04. The number of benzene rings is 1. The zero-order valence-corrected chi connectivity index (χ0v) is 13.9. The molecule has 0 spiro atoms. The van der Waals surface area contributed by atoms with Gasteiger partial charge in [-0.2, -0.15) is 0 Å². The number of carbonyl (C=O) groups excluding carboxylic acids is 2. The fraction of sp³-hybridized carbons (Fsp3) is 0.389. The smallest absolute Gasteiger partial charge is 0.334 e. The van der Waals surface area contributed by atoms with Crippen LogP contribution in [0.1, 0.15) is 30.5 Å². The minimum Gasteiger partial charge on any atom is -0.479 e. The molecule has 132 valence electrons. The number of amides is 2. The highest BCUT2D eigenvalue weighted by Crippen LogP contribution is 2.33. The Bertz CT molecular complexity index is 730. The molecule has 7 nitrogen and oxygen atoms in total. The normalized spacial score (nSPS) is 22.4. The predicted octanol–water partition coefficient (Wildman–Crippen LogP) is 1.26. The van der Waals surface area contributed by atoms with Gasteiger partial charge in [-0.3, -0.25) is 9.59 Å². The van der Waals surface area contributed by atoms with E-state index in [1.165, 1.54) is 11.8 Å². The van der Waals surface area contributed by atoms with Crippen LogP contribution in [0.2, 0.25) is 0 Å². The number of carboxylic acids is 1. The van der Waals surface area contributed by atoms with Crippen molar-refractivity contribution < 1.29 is 24.2 Å². The number of aliphatic carboxylic acids is 1. The zero-order chi connectivity index (χ0) is 18.0. The Labute approximate surface area is 145 Å². The van der Waals surface area contributed by atoms with Gasteiger partial charge in [-0.05, 0) is 17.2 Å². The third kappa shape index (κ3) is 3.56. The van der Waals surface area contributed by atoms with Gasteiger partial charge in [-0.25, -0.2) is 4.79 Å². The first-order valence-corrected chi connectivity index (χ1v) is 8.15. The molecule has 0 bridgehead atoms. The van der Waals surface area contributed by atoms with E-state index in [-0.39, 0.29) is 31.4 Å². The standard InChI is InChI=1S/C18H20N2O5/c1-12(21)20-7-6-13-4-2-3-5-14(13)15(20)10-17(22)19-8-9-25-16(11-19)18(23)24/h2-7,15-16H,8-11H2,1H3,(H,23,24)/t15-,16-/m1/s1. The summed E-state index contributed by atoms with van der Waals surface area (Å²) in [5, 5.41) is 9.08. The van der Waals surface area contributed by atoms with Crippen molar-refractivity contribution in [3.8, 4) is 0 Å². The Morgan fingerprint density at radius 2 is 2.04 bits per heavy atom. The maximum absolute atomic E-state index is 12.7. The molecule has 1 aromatic carbocycles. The molecule has 2 aliphatic rings. The summed E-state index contributed by atoms with van der Waals surface area (Å²) >= 11 is 0. The highest BCUT2D eigenvalue weighted by Gasteiger charge is 2.33. The Kier molecular flexibility index (Phi) is 4.85. The number of nitrogens with zero attached hydrogens (tertiary/aromatic N) is 2. The largest absolute Gasteiger partial charge is 0.479 e. The summed E-state index contributed by atoms with van der Waals surface area (Å²) in [6, 6.07) is 7.24. The number of carbonyl (C=O) groups is 3. The molecule has 0 saturated carbocycles. The molecule has 0 unspecified atom stereocenters. The van der Waals surface area contributed by atoms with E-state index in [1.807, 2.05) is 30.3 Å². The molecule has 1 fully saturated rings. The van der Waals surface area contributed by atoms with Gasteiger partial charge in [-0.15, -0.1) is 0 Å². The maximum Gasteiger partial charge on any atom is 0.334 e. The number of ether oxygens (including phenoxy) is 1. The van der Waals surface area contributed by atoms with Gasteiger partial charge in [-0.1, -0.05) is 24.3 Å². The van der Waals surface area contributed by atoms with Crippen molar-refractivity contribution in [1.82, 2.24) is 9.80 Å². The van der Waals surface area contributed by atoms with Crippen molar-refractivity contribution in [2.24, 2.45) is 0 Å². The second-order valence-electron chi connectivity index (χ2n) is 6.13. The highest BCUT2D eigenvalue weighted by molar-refractivity contribution is 5.82. The number of carboxylic acid groups (broad SMARTS) is 1. The van der Waals surface area contributed by atoms with E-state index in [0.717, 1.165) is 11.1 Å². The van der Waals surface area contributed by atoms with Crippen LogP contribution >= 0.6 is 0 Å². The lowest BCUT2D eigenvalue weighted by molar-refractivity contribution is -0.159. The van der Waals surface area contributed by atoms with Gasteiger partial charge < -0.3 is 19.6 Å². The summed E-state index contributed by atoms with van der Waals surface area (Å²) in [5.41, 5.74) is 1.89. The molecular formula is C18H20N2O5. The van der Waals surface area contributed by atoms with Gasteiger partial charge in [0, 0.05) is 19.7 Å². The topological polar surface area (TPSA) is 87.2 Å². The Morgan fingerprint density at radius 3 is 2.76 bits per heavy atom. The molecule has 3 rings (SSSR count). The van der Waals surface area contributed by atoms with Crippen molar-refractivity contribution in [2.45, 2.75) is 25.5 Å². The Balaban J connectivity index is 1.79. The first-order valence-electron chi connectivity index (χ1n) is 8.15. The van der Waals surface area contributed by atoms with Crippen LogP contribution < -0.4 is 0 Å². The fourth-order valence-corrected chi connectivity index (χ4v) is 3.23. The third-order valence-electron chi connectivity index (χ3n) is 4.53. The molecule has 2 aliphatic heterocycles. The van der Waals surface area contributed by atoms with Crippen LogP contribution in [0.5, 0.6) is 0 Å². The lowest BCUT2D eigenvalue weighted by Crippen LogP contribution is -2.49. The van der Waals surface area contributed by atoms with Crippen LogP contribution in [-0.4, -0.2) is 58.5 Å². The zero-order valence-electron chi connectivity index (χ0n) is 13.9. The quantitative estimate of drug-likeness (QED) is 0.892. The molecule has 2 amide bonds. The number of morpholine rings is 1. The molecule has 2 atom stereocenters. The minimum absolute atomic E-state index is 0.0262. The molecule has 2 heterocycles. The number of rotatable bonds is 3. The Hall–Kier alpha value is -2.67. The van der Waals surface area contributed by atoms with E-state index in [0.29, 0.717) is 6.54 Å². The van der Waals surface area contributed by atoms with E-state index in [2.05, 4.69) is 0 Å². The van der Waals surface area contributed by atoms with Gasteiger partial charge in [0.05, 0.1) is 25.6 Å². The summed E-state index contributed by atoms with van der Waals surface area (Å²) in [7, 11) is 0. The SMILES string of the molecule is CC(=O)N1C=Cc2ccccc2[C@H]1CC(=O)N1CCO[C@@H](C(=O)O)C1. The van der Waals surface area contributed by atoms with E-state index in [1.54, 1.807) is 11.1 Å². The second kappa shape index (κ2) is 7.06. The van der Waals surface area contributed by atoms with Crippen LogP contribution in [0, 0.1) is 0 Å².